The highest BCUT2D eigenvalue weighted by Crippen LogP contribution is 2.22. The Bertz CT molecular complexity index is 681. The van der Waals surface area contributed by atoms with Gasteiger partial charge >= 0.3 is 0 Å². The zero-order valence-corrected chi connectivity index (χ0v) is 13.4. The molecule has 1 amide bonds. The normalized spacial score (nSPS) is 17.1. The maximum Gasteiger partial charge on any atom is 0.274 e. The third-order valence-corrected chi connectivity index (χ3v) is 4.27. The maximum absolute atomic E-state index is 12.5. The molecule has 23 heavy (non-hydrogen) atoms. The molecule has 1 aliphatic heterocycles. The van der Waals surface area contributed by atoms with Gasteiger partial charge < -0.3 is 14.7 Å². The fourth-order valence-electron chi connectivity index (χ4n) is 2.67. The SMILES string of the molecule is COc1ccc(-n2ccc(C(=O)N3CCC(C)(O)CC3)n2)cc1. The minimum Gasteiger partial charge on any atom is -0.497 e. The molecule has 1 N–H and O–H groups in total. The Morgan fingerprint density at radius 1 is 1.22 bits per heavy atom. The van der Waals surface area contributed by atoms with E-state index in [9.17, 15) is 9.90 Å². The average molecular weight is 315 g/mol. The van der Waals surface area contributed by atoms with E-state index < -0.39 is 5.60 Å². The molecule has 6 nitrogen and oxygen atoms in total. The van der Waals surface area contributed by atoms with E-state index in [0.717, 1.165) is 11.4 Å². The minimum atomic E-state index is -0.667. The van der Waals surface area contributed by atoms with E-state index >= 15 is 0 Å². The molecule has 0 unspecified atom stereocenters. The van der Waals surface area contributed by atoms with Crippen molar-refractivity contribution < 1.29 is 14.6 Å². The molecule has 2 aromatic rings. The number of aromatic nitrogens is 2. The van der Waals surface area contributed by atoms with Crippen LogP contribution in [0.25, 0.3) is 5.69 Å². The number of methoxy groups -OCH3 is 1. The fraction of sp³-hybridized carbons (Fsp3) is 0.412. The highest BCUT2D eigenvalue weighted by atomic mass is 16.5. The second-order valence-corrected chi connectivity index (χ2v) is 6.13. The van der Waals surface area contributed by atoms with E-state index in [0.29, 0.717) is 31.6 Å². The molecule has 0 spiro atoms. The average Bonchev–Trinajstić information content (AvgIpc) is 3.04. The van der Waals surface area contributed by atoms with Crippen molar-refractivity contribution in [1.82, 2.24) is 14.7 Å². The summed E-state index contributed by atoms with van der Waals surface area (Å²) >= 11 is 0. The number of aliphatic hydroxyl groups is 1. The smallest absolute Gasteiger partial charge is 0.274 e. The van der Waals surface area contributed by atoms with Gasteiger partial charge in [-0.15, -0.1) is 0 Å². The molecule has 1 aliphatic rings. The van der Waals surface area contributed by atoms with Gasteiger partial charge in [0, 0.05) is 19.3 Å². The van der Waals surface area contributed by atoms with E-state index in [2.05, 4.69) is 5.10 Å². The van der Waals surface area contributed by atoms with Gasteiger partial charge in [-0.25, -0.2) is 4.68 Å². The summed E-state index contributed by atoms with van der Waals surface area (Å²) in [6.07, 6.45) is 2.96. The predicted molar refractivity (Wildman–Crippen MR) is 85.9 cm³/mol. The molecule has 1 aromatic carbocycles. The summed E-state index contributed by atoms with van der Waals surface area (Å²) in [5.41, 5.74) is 0.618. The van der Waals surface area contributed by atoms with Crippen molar-refractivity contribution >= 4 is 5.91 Å². The van der Waals surface area contributed by atoms with Crippen molar-refractivity contribution in [2.75, 3.05) is 20.2 Å². The predicted octanol–water partition coefficient (Wildman–Crippen LogP) is 1.87. The number of nitrogens with zero attached hydrogens (tertiary/aromatic N) is 3. The van der Waals surface area contributed by atoms with Crippen molar-refractivity contribution in [3.8, 4) is 11.4 Å². The first kappa shape index (κ1) is 15.6. The second kappa shape index (κ2) is 6.04. The third-order valence-electron chi connectivity index (χ3n) is 4.27. The Morgan fingerprint density at radius 3 is 2.48 bits per heavy atom. The van der Waals surface area contributed by atoms with Crippen molar-refractivity contribution in [2.45, 2.75) is 25.4 Å². The van der Waals surface area contributed by atoms with Crippen LogP contribution in [0.15, 0.2) is 36.5 Å². The number of benzene rings is 1. The number of carbonyl (C=O) groups excluding carboxylic acids is 1. The minimum absolute atomic E-state index is 0.0900. The summed E-state index contributed by atoms with van der Waals surface area (Å²) in [7, 11) is 1.62. The number of hydrogen-bond acceptors (Lipinski definition) is 4. The highest BCUT2D eigenvalue weighted by Gasteiger charge is 2.30. The summed E-state index contributed by atoms with van der Waals surface area (Å²) in [5, 5.41) is 14.3. The van der Waals surface area contributed by atoms with Crippen LogP contribution in [0.2, 0.25) is 0 Å². The molecule has 1 fully saturated rings. The van der Waals surface area contributed by atoms with Gasteiger partial charge in [0.15, 0.2) is 5.69 Å². The largest absolute Gasteiger partial charge is 0.497 e. The first-order valence-electron chi connectivity index (χ1n) is 7.70. The first-order valence-corrected chi connectivity index (χ1v) is 7.70. The van der Waals surface area contributed by atoms with Crippen molar-refractivity contribution in [1.29, 1.82) is 0 Å². The van der Waals surface area contributed by atoms with Gasteiger partial charge in [-0.1, -0.05) is 0 Å². The lowest BCUT2D eigenvalue weighted by molar-refractivity contribution is -0.00220. The summed E-state index contributed by atoms with van der Waals surface area (Å²) < 4.78 is 6.81. The monoisotopic (exact) mass is 315 g/mol. The third kappa shape index (κ3) is 3.37. The Morgan fingerprint density at radius 2 is 1.87 bits per heavy atom. The molecule has 0 bridgehead atoms. The lowest BCUT2D eigenvalue weighted by Gasteiger charge is -2.35. The Balaban J connectivity index is 1.72. The lowest BCUT2D eigenvalue weighted by Crippen LogP contribution is -2.45. The fourth-order valence-corrected chi connectivity index (χ4v) is 2.67. The molecule has 122 valence electrons. The summed E-state index contributed by atoms with van der Waals surface area (Å²) in [6.45, 7) is 2.93. The Hall–Kier alpha value is -2.34. The quantitative estimate of drug-likeness (QED) is 0.939. The number of rotatable bonds is 3. The standard InChI is InChI=1S/C17H21N3O3/c1-17(22)8-11-19(12-9-17)16(21)15-7-10-20(18-15)13-3-5-14(23-2)6-4-13/h3-7,10,22H,8-9,11-12H2,1-2H3. The molecular formula is C17H21N3O3. The number of hydrogen-bond donors (Lipinski definition) is 1. The van der Waals surface area contributed by atoms with Crippen LogP contribution < -0.4 is 4.74 Å². The van der Waals surface area contributed by atoms with E-state index in [1.165, 1.54) is 0 Å². The molecule has 6 heteroatoms. The van der Waals surface area contributed by atoms with Crippen LogP contribution in [-0.2, 0) is 0 Å². The van der Waals surface area contributed by atoms with Crippen LogP contribution in [0.1, 0.15) is 30.3 Å². The number of ether oxygens (including phenoxy) is 1. The van der Waals surface area contributed by atoms with E-state index in [-0.39, 0.29) is 5.91 Å². The highest BCUT2D eigenvalue weighted by molar-refractivity contribution is 5.92. The van der Waals surface area contributed by atoms with Crippen LogP contribution in [0.4, 0.5) is 0 Å². The van der Waals surface area contributed by atoms with Gasteiger partial charge in [-0.3, -0.25) is 4.79 Å². The number of amides is 1. The number of piperidine rings is 1. The maximum atomic E-state index is 12.5. The molecule has 3 rings (SSSR count). The topological polar surface area (TPSA) is 67.6 Å². The van der Waals surface area contributed by atoms with E-state index in [1.54, 1.807) is 29.0 Å². The van der Waals surface area contributed by atoms with Crippen molar-refractivity contribution in [3.63, 3.8) is 0 Å². The van der Waals surface area contributed by atoms with E-state index in [4.69, 9.17) is 4.74 Å². The van der Waals surface area contributed by atoms with Crippen LogP contribution in [0, 0.1) is 0 Å². The van der Waals surface area contributed by atoms with Gasteiger partial charge in [-0.2, -0.15) is 5.10 Å². The zero-order valence-electron chi connectivity index (χ0n) is 13.4. The van der Waals surface area contributed by atoms with Gasteiger partial charge in [0.25, 0.3) is 5.91 Å². The summed E-state index contributed by atoms with van der Waals surface area (Å²) in [4.78, 5) is 14.3. The molecule has 1 aromatic heterocycles. The molecule has 0 atom stereocenters. The van der Waals surface area contributed by atoms with Gasteiger partial charge in [0.2, 0.25) is 0 Å². The Labute approximate surface area is 135 Å². The number of likely N-dealkylation sites (tertiary alicyclic amines) is 1. The molecule has 0 saturated carbocycles. The first-order chi connectivity index (χ1) is 11.0. The summed E-state index contributed by atoms with van der Waals surface area (Å²) in [6, 6.07) is 9.20. The van der Waals surface area contributed by atoms with Crippen LogP contribution in [0.5, 0.6) is 5.75 Å². The zero-order chi connectivity index (χ0) is 16.4. The lowest BCUT2D eigenvalue weighted by atomic mass is 9.94. The second-order valence-electron chi connectivity index (χ2n) is 6.13. The summed E-state index contributed by atoms with van der Waals surface area (Å²) in [5.74, 6) is 0.685. The van der Waals surface area contributed by atoms with Crippen LogP contribution in [-0.4, -0.2) is 51.5 Å². The van der Waals surface area contributed by atoms with Crippen molar-refractivity contribution in [3.05, 3.63) is 42.2 Å². The molecule has 1 saturated heterocycles. The Kier molecular flexibility index (Phi) is 4.09. The molecule has 0 aliphatic carbocycles. The molecular weight excluding hydrogens is 294 g/mol. The van der Waals surface area contributed by atoms with Crippen molar-refractivity contribution in [2.24, 2.45) is 0 Å². The van der Waals surface area contributed by atoms with Gasteiger partial charge in [-0.05, 0) is 50.1 Å². The number of carbonyl (C=O) groups is 1. The molecule has 0 radical (unpaired) electrons. The van der Waals surface area contributed by atoms with Gasteiger partial charge in [0.05, 0.1) is 18.4 Å². The van der Waals surface area contributed by atoms with Crippen LogP contribution >= 0.6 is 0 Å². The molecule has 2 heterocycles. The van der Waals surface area contributed by atoms with Gasteiger partial charge in [0.1, 0.15) is 5.75 Å². The van der Waals surface area contributed by atoms with E-state index in [1.807, 2.05) is 31.2 Å². The van der Waals surface area contributed by atoms with Crippen LogP contribution in [0.3, 0.4) is 0 Å².